The van der Waals surface area contributed by atoms with Crippen molar-refractivity contribution in [2.45, 2.75) is 19.9 Å². The van der Waals surface area contributed by atoms with E-state index in [1.807, 2.05) is 32.0 Å². The molecule has 0 saturated heterocycles. The zero-order valence-electron chi connectivity index (χ0n) is 14.3. The fourth-order valence-corrected chi connectivity index (χ4v) is 2.53. The molecule has 2 aromatic rings. The molecule has 0 aliphatic heterocycles. The minimum atomic E-state index is -0.605. The van der Waals surface area contributed by atoms with Crippen molar-refractivity contribution in [2.75, 3.05) is 13.7 Å². The number of hydrogen-bond donors (Lipinski definition) is 1. The van der Waals surface area contributed by atoms with E-state index in [2.05, 4.69) is 5.32 Å². The number of esters is 1. The Labute approximate surface area is 151 Å². The van der Waals surface area contributed by atoms with E-state index in [4.69, 9.17) is 21.1 Å². The third kappa shape index (κ3) is 5.22. The Morgan fingerprint density at radius 1 is 1.20 bits per heavy atom. The molecule has 25 heavy (non-hydrogen) atoms. The van der Waals surface area contributed by atoms with Crippen LogP contribution >= 0.6 is 11.6 Å². The number of hydrogen-bond acceptors (Lipinski definition) is 4. The van der Waals surface area contributed by atoms with E-state index in [0.717, 1.165) is 11.1 Å². The van der Waals surface area contributed by atoms with Gasteiger partial charge < -0.3 is 14.8 Å². The predicted octanol–water partition coefficient (Wildman–Crippen LogP) is 3.69. The number of amides is 1. The SMILES string of the molecule is COc1ccc(C)cc1C(=O)OCC(=O)N[C@@H](C)c1cccc(Cl)c1. The second kappa shape index (κ2) is 8.53. The van der Waals surface area contributed by atoms with E-state index in [1.54, 1.807) is 24.3 Å². The van der Waals surface area contributed by atoms with Gasteiger partial charge in [0, 0.05) is 5.02 Å². The summed E-state index contributed by atoms with van der Waals surface area (Å²) in [6.07, 6.45) is 0. The molecule has 2 rings (SSSR count). The molecule has 132 valence electrons. The molecule has 0 aromatic heterocycles. The van der Waals surface area contributed by atoms with Gasteiger partial charge in [-0.05, 0) is 43.7 Å². The molecule has 1 N–H and O–H groups in total. The van der Waals surface area contributed by atoms with Crippen molar-refractivity contribution < 1.29 is 19.1 Å². The van der Waals surface area contributed by atoms with Gasteiger partial charge in [0.1, 0.15) is 11.3 Å². The second-order valence-corrected chi connectivity index (χ2v) is 6.06. The van der Waals surface area contributed by atoms with Crippen LogP contribution in [0.3, 0.4) is 0 Å². The lowest BCUT2D eigenvalue weighted by atomic mass is 10.1. The maximum absolute atomic E-state index is 12.2. The van der Waals surface area contributed by atoms with Crippen LogP contribution in [0.4, 0.5) is 0 Å². The fourth-order valence-electron chi connectivity index (χ4n) is 2.33. The highest BCUT2D eigenvalue weighted by Crippen LogP contribution is 2.21. The number of halogens is 1. The molecule has 0 unspecified atom stereocenters. The van der Waals surface area contributed by atoms with Gasteiger partial charge in [0.2, 0.25) is 0 Å². The largest absolute Gasteiger partial charge is 0.496 e. The molecule has 5 nitrogen and oxygen atoms in total. The average molecular weight is 362 g/mol. The first-order valence-corrected chi connectivity index (χ1v) is 8.15. The number of methoxy groups -OCH3 is 1. The van der Waals surface area contributed by atoms with Crippen LogP contribution in [-0.4, -0.2) is 25.6 Å². The van der Waals surface area contributed by atoms with Crippen molar-refractivity contribution in [1.29, 1.82) is 0 Å². The summed E-state index contributed by atoms with van der Waals surface area (Å²) < 4.78 is 10.2. The molecule has 0 spiro atoms. The van der Waals surface area contributed by atoms with E-state index in [-0.39, 0.29) is 18.2 Å². The summed E-state index contributed by atoms with van der Waals surface area (Å²) in [7, 11) is 1.47. The van der Waals surface area contributed by atoms with Gasteiger partial charge in [0.25, 0.3) is 5.91 Å². The molecule has 2 aromatic carbocycles. The fraction of sp³-hybridized carbons (Fsp3) is 0.263. The Balaban J connectivity index is 1.93. The first-order valence-electron chi connectivity index (χ1n) is 7.77. The van der Waals surface area contributed by atoms with E-state index >= 15 is 0 Å². The Kier molecular flexibility index (Phi) is 6.42. The highest BCUT2D eigenvalue weighted by molar-refractivity contribution is 6.30. The minimum absolute atomic E-state index is 0.251. The molecule has 0 bridgehead atoms. The third-order valence-electron chi connectivity index (χ3n) is 3.64. The molecule has 0 aliphatic rings. The second-order valence-electron chi connectivity index (χ2n) is 5.62. The highest BCUT2D eigenvalue weighted by Gasteiger charge is 2.16. The zero-order valence-corrected chi connectivity index (χ0v) is 15.1. The number of rotatable bonds is 6. The maximum atomic E-state index is 12.2. The molecule has 0 radical (unpaired) electrons. The van der Waals surface area contributed by atoms with Crippen LogP contribution in [0.25, 0.3) is 0 Å². The van der Waals surface area contributed by atoms with Crippen LogP contribution in [0.2, 0.25) is 5.02 Å². The average Bonchev–Trinajstić information content (AvgIpc) is 2.59. The van der Waals surface area contributed by atoms with Gasteiger partial charge in [-0.15, -0.1) is 0 Å². The van der Waals surface area contributed by atoms with Gasteiger partial charge in [-0.3, -0.25) is 4.79 Å². The summed E-state index contributed by atoms with van der Waals surface area (Å²) in [6.45, 7) is 3.31. The van der Waals surface area contributed by atoms with E-state index in [9.17, 15) is 9.59 Å². The summed E-state index contributed by atoms with van der Waals surface area (Å²) in [5.41, 5.74) is 2.05. The first kappa shape index (κ1) is 18.8. The van der Waals surface area contributed by atoms with E-state index < -0.39 is 11.9 Å². The number of carbonyl (C=O) groups excluding carboxylic acids is 2. The molecular formula is C19H20ClNO4. The number of nitrogens with one attached hydrogen (secondary N) is 1. The number of benzene rings is 2. The normalized spacial score (nSPS) is 11.5. The number of ether oxygens (including phenoxy) is 2. The van der Waals surface area contributed by atoms with Gasteiger partial charge in [-0.25, -0.2) is 4.79 Å². The summed E-state index contributed by atoms with van der Waals surface area (Å²) in [5, 5.41) is 3.36. The van der Waals surface area contributed by atoms with Crippen molar-refractivity contribution in [3.8, 4) is 5.75 Å². The van der Waals surface area contributed by atoms with Crippen molar-refractivity contribution in [3.63, 3.8) is 0 Å². The quantitative estimate of drug-likeness (QED) is 0.797. The van der Waals surface area contributed by atoms with Gasteiger partial charge in [-0.2, -0.15) is 0 Å². The minimum Gasteiger partial charge on any atom is -0.496 e. The molecule has 0 fully saturated rings. The zero-order chi connectivity index (χ0) is 18.4. The van der Waals surface area contributed by atoms with Gasteiger partial charge in [-0.1, -0.05) is 35.4 Å². The van der Waals surface area contributed by atoms with Crippen molar-refractivity contribution in [1.82, 2.24) is 5.32 Å². The van der Waals surface area contributed by atoms with E-state index in [1.165, 1.54) is 7.11 Å². The lowest BCUT2D eigenvalue weighted by Crippen LogP contribution is -2.31. The Morgan fingerprint density at radius 2 is 1.96 bits per heavy atom. The lowest BCUT2D eigenvalue weighted by Gasteiger charge is -2.15. The molecule has 0 aliphatic carbocycles. The first-order chi connectivity index (χ1) is 11.9. The van der Waals surface area contributed by atoms with Crippen molar-refractivity contribution >= 4 is 23.5 Å². The Morgan fingerprint density at radius 3 is 2.64 bits per heavy atom. The molecule has 0 heterocycles. The van der Waals surface area contributed by atoms with E-state index in [0.29, 0.717) is 10.8 Å². The monoisotopic (exact) mass is 361 g/mol. The predicted molar refractivity (Wildman–Crippen MR) is 96.0 cm³/mol. The molecular weight excluding hydrogens is 342 g/mol. The lowest BCUT2D eigenvalue weighted by molar-refractivity contribution is -0.124. The van der Waals surface area contributed by atoms with Crippen LogP contribution < -0.4 is 10.1 Å². The summed E-state index contributed by atoms with van der Waals surface area (Å²) in [6, 6.07) is 12.1. The van der Waals surface area contributed by atoms with Crippen molar-refractivity contribution in [2.24, 2.45) is 0 Å². The van der Waals surface area contributed by atoms with Crippen LogP contribution in [-0.2, 0) is 9.53 Å². The number of aryl methyl sites for hydroxylation is 1. The van der Waals surface area contributed by atoms with Crippen LogP contribution in [0.1, 0.15) is 34.5 Å². The number of carbonyl (C=O) groups is 2. The van der Waals surface area contributed by atoms with Gasteiger partial charge in [0.15, 0.2) is 6.61 Å². The smallest absolute Gasteiger partial charge is 0.342 e. The Bertz CT molecular complexity index is 776. The topological polar surface area (TPSA) is 64.6 Å². The standard InChI is InChI=1S/C19H20ClNO4/c1-12-7-8-17(24-3)16(9-12)19(23)25-11-18(22)21-13(2)14-5-4-6-15(20)10-14/h4-10,13H,11H2,1-3H3,(H,21,22)/t13-/m0/s1. The van der Waals surface area contributed by atoms with Gasteiger partial charge in [0.05, 0.1) is 13.2 Å². The van der Waals surface area contributed by atoms with Gasteiger partial charge >= 0.3 is 5.97 Å². The van der Waals surface area contributed by atoms with Crippen LogP contribution in [0.15, 0.2) is 42.5 Å². The highest BCUT2D eigenvalue weighted by atomic mass is 35.5. The summed E-state index contributed by atoms with van der Waals surface area (Å²) in [5.74, 6) is -0.596. The molecule has 1 amide bonds. The van der Waals surface area contributed by atoms with Crippen LogP contribution in [0.5, 0.6) is 5.75 Å². The summed E-state index contributed by atoms with van der Waals surface area (Å²) in [4.78, 5) is 24.2. The molecule has 0 saturated carbocycles. The summed E-state index contributed by atoms with van der Waals surface area (Å²) >= 11 is 5.94. The Hall–Kier alpha value is -2.53. The van der Waals surface area contributed by atoms with Crippen molar-refractivity contribution in [3.05, 3.63) is 64.2 Å². The molecule has 1 atom stereocenters. The molecule has 6 heteroatoms. The third-order valence-corrected chi connectivity index (χ3v) is 3.87. The van der Waals surface area contributed by atoms with Crippen LogP contribution in [0, 0.1) is 6.92 Å². The maximum Gasteiger partial charge on any atom is 0.342 e.